The summed E-state index contributed by atoms with van der Waals surface area (Å²) in [6, 6.07) is 13.1. The largest absolute Gasteiger partial charge is 0.508 e. The van der Waals surface area contributed by atoms with Gasteiger partial charge in [-0.2, -0.15) is 0 Å². The number of phenols is 2. The van der Waals surface area contributed by atoms with Crippen LogP contribution in [0.4, 0.5) is 4.79 Å². The molecule has 0 aliphatic rings. The van der Waals surface area contributed by atoms with Gasteiger partial charge >= 0.3 is 6.16 Å². The number of carbonyl (C=O) groups is 1. The van der Waals surface area contributed by atoms with Gasteiger partial charge in [-0.05, 0) is 35.4 Å². The topological polar surface area (TPSA) is 98.0 Å². The summed E-state index contributed by atoms with van der Waals surface area (Å²) < 4.78 is 0.131. The molecule has 2 rings (SSSR count). The van der Waals surface area contributed by atoms with Crippen LogP contribution in [0.2, 0.25) is 0 Å². The normalized spacial score (nSPS) is 9.36. The smallest absolute Gasteiger partial charge is 0.503 e. The molecule has 0 aromatic heterocycles. The van der Waals surface area contributed by atoms with Gasteiger partial charge in [0.15, 0.2) is 0 Å². The number of rotatable bonds is 2. The lowest BCUT2D eigenvalue weighted by Crippen LogP contribution is -1.88. The lowest BCUT2D eigenvalue weighted by molar-refractivity contribution is 0.137. The second-order valence-corrected chi connectivity index (χ2v) is 4.96. The zero-order chi connectivity index (χ0) is 16.7. The van der Waals surface area contributed by atoms with Gasteiger partial charge in [0.25, 0.3) is 0 Å². The van der Waals surface area contributed by atoms with E-state index < -0.39 is 6.16 Å². The van der Waals surface area contributed by atoms with Crippen molar-refractivity contribution in [2.75, 3.05) is 0 Å². The Hall–Kier alpha value is -2.37. The molecule has 7 heteroatoms. The minimum absolute atomic E-state index is 0.131. The molecule has 0 fully saturated rings. The van der Waals surface area contributed by atoms with Crippen LogP contribution < -0.4 is 0 Å². The molecule has 4 N–H and O–H groups in total. The molecule has 0 aliphatic carbocycles. The molecule has 2 aromatic carbocycles. The van der Waals surface area contributed by atoms with Crippen LogP contribution in [-0.2, 0) is 0 Å². The van der Waals surface area contributed by atoms with Crippen molar-refractivity contribution in [3.63, 3.8) is 0 Å². The van der Waals surface area contributed by atoms with Crippen LogP contribution in [0.15, 0.2) is 53.0 Å². The van der Waals surface area contributed by atoms with Crippen molar-refractivity contribution in [3.8, 4) is 11.5 Å². The summed E-state index contributed by atoms with van der Waals surface area (Å²) in [4.78, 5) is 8.56. The fourth-order valence-electron chi connectivity index (χ4n) is 1.64. The number of carboxylic acid groups (broad SMARTS) is 2. The average Bonchev–Trinajstić information content (AvgIpc) is 2.42. The lowest BCUT2D eigenvalue weighted by atomic mass is 9.99. The van der Waals surface area contributed by atoms with Crippen LogP contribution in [0.5, 0.6) is 11.5 Å². The Morgan fingerprint density at radius 2 is 1.00 bits per heavy atom. The fourth-order valence-corrected chi connectivity index (χ4v) is 2.08. The molecular formula is C15H12Cl2O5. The second kappa shape index (κ2) is 8.17. The molecular weight excluding hydrogens is 331 g/mol. The second-order valence-electron chi connectivity index (χ2n) is 4.01. The van der Waals surface area contributed by atoms with Crippen molar-refractivity contribution >= 4 is 34.9 Å². The van der Waals surface area contributed by atoms with Crippen molar-refractivity contribution < 1.29 is 25.2 Å². The first-order valence-electron chi connectivity index (χ1n) is 5.87. The summed E-state index contributed by atoms with van der Waals surface area (Å²) in [6.07, 6.45) is -1.83. The third kappa shape index (κ3) is 5.55. The van der Waals surface area contributed by atoms with E-state index in [0.717, 1.165) is 11.1 Å². The van der Waals surface area contributed by atoms with E-state index in [2.05, 4.69) is 0 Å². The molecule has 2 aromatic rings. The van der Waals surface area contributed by atoms with Gasteiger partial charge in [-0.3, -0.25) is 0 Å². The van der Waals surface area contributed by atoms with Crippen molar-refractivity contribution in [1.82, 2.24) is 0 Å². The van der Waals surface area contributed by atoms with E-state index in [-0.39, 0.29) is 16.0 Å². The molecule has 0 radical (unpaired) electrons. The number of phenolic OH excluding ortho intramolecular Hbond substituents is 2. The van der Waals surface area contributed by atoms with Crippen LogP contribution in [-0.4, -0.2) is 26.6 Å². The highest BCUT2D eigenvalue weighted by atomic mass is 35.5. The van der Waals surface area contributed by atoms with Gasteiger partial charge in [0.05, 0.1) is 0 Å². The number of hydrogen-bond donors (Lipinski definition) is 4. The van der Waals surface area contributed by atoms with Gasteiger partial charge in [0, 0.05) is 5.57 Å². The summed E-state index contributed by atoms with van der Waals surface area (Å²) in [5.74, 6) is 0.351. The summed E-state index contributed by atoms with van der Waals surface area (Å²) >= 11 is 11.8. The SMILES string of the molecule is O=C(O)O.Oc1ccc(C(=C(Cl)Cl)c2ccc(O)cc2)cc1. The highest BCUT2D eigenvalue weighted by molar-refractivity contribution is 6.59. The molecule has 0 bridgehead atoms. The standard InChI is InChI=1S/C14H10Cl2O2.CH2O3/c15-14(16)13(9-1-5-11(17)6-2-9)10-3-7-12(18)8-4-10;2-1(3)4/h1-8,17-18H;(H2,2,3,4). The zero-order valence-corrected chi connectivity index (χ0v) is 12.6. The van der Waals surface area contributed by atoms with E-state index >= 15 is 0 Å². The Balaban J connectivity index is 0.000000541. The maximum Gasteiger partial charge on any atom is 0.503 e. The Bertz CT molecular complexity index is 608. The Morgan fingerprint density at radius 1 is 0.727 bits per heavy atom. The van der Waals surface area contributed by atoms with E-state index in [0.29, 0.717) is 5.57 Å². The Morgan fingerprint density at radius 3 is 1.23 bits per heavy atom. The van der Waals surface area contributed by atoms with Crippen LogP contribution in [0.25, 0.3) is 5.57 Å². The lowest BCUT2D eigenvalue weighted by Gasteiger charge is -2.09. The molecule has 0 unspecified atom stereocenters. The first kappa shape index (κ1) is 17.7. The van der Waals surface area contributed by atoms with E-state index in [1.807, 2.05) is 0 Å². The molecule has 0 saturated carbocycles. The molecule has 0 saturated heterocycles. The fraction of sp³-hybridized carbons (Fsp3) is 0. The molecule has 0 aliphatic heterocycles. The molecule has 0 heterocycles. The highest BCUT2D eigenvalue weighted by Crippen LogP contribution is 2.32. The van der Waals surface area contributed by atoms with Crippen LogP contribution in [0.3, 0.4) is 0 Å². The first-order valence-corrected chi connectivity index (χ1v) is 6.63. The van der Waals surface area contributed by atoms with Gasteiger partial charge in [-0.1, -0.05) is 47.5 Å². The molecule has 0 spiro atoms. The Labute approximate surface area is 136 Å². The van der Waals surface area contributed by atoms with Gasteiger partial charge in [-0.25, -0.2) is 4.79 Å². The van der Waals surface area contributed by atoms with Gasteiger partial charge in [-0.15, -0.1) is 0 Å². The summed E-state index contributed by atoms with van der Waals surface area (Å²) in [7, 11) is 0. The summed E-state index contributed by atoms with van der Waals surface area (Å²) in [5, 5.41) is 32.5. The summed E-state index contributed by atoms with van der Waals surface area (Å²) in [6.45, 7) is 0. The number of benzene rings is 2. The molecule has 22 heavy (non-hydrogen) atoms. The molecule has 5 nitrogen and oxygen atoms in total. The number of aromatic hydroxyl groups is 2. The van der Waals surface area contributed by atoms with Crippen molar-refractivity contribution in [2.45, 2.75) is 0 Å². The first-order chi connectivity index (χ1) is 10.3. The third-order valence-corrected chi connectivity index (χ3v) is 2.88. The highest BCUT2D eigenvalue weighted by Gasteiger charge is 2.09. The van der Waals surface area contributed by atoms with Crippen LogP contribution in [0.1, 0.15) is 11.1 Å². The predicted octanol–water partition coefficient (Wildman–Crippen LogP) is 4.51. The van der Waals surface area contributed by atoms with E-state index in [4.69, 9.17) is 38.2 Å². The van der Waals surface area contributed by atoms with Crippen LogP contribution >= 0.6 is 23.2 Å². The van der Waals surface area contributed by atoms with Gasteiger partial charge in [0.1, 0.15) is 16.0 Å². The molecule has 116 valence electrons. The van der Waals surface area contributed by atoms with Crippen molar-refractivity contribution in [1.29, 1.82) is 0 Å². The minimum Gasteiger partial charge on any atom is -0.508 e. The summed E-state index contributed by atoms with van der Waals surface area (Å²) in [5.41, 5.74) is 2.23. The average molecular weight is 343 g/mol. The zero-order valence-electron chi connectivity index (χ0n) is 11.1. The Kier molecular flexibility index (Phi) is 6.56. The van der Waals surface area contributed by atoms with E-state index in [1.165, 1.54) is 0 Å². The van der Waals surface area contributed by atoms with E-state index in [1.54, 1.807) is 48.5 Å². The van der Waals surface area contributed by atoms with Crippen LogP contribution in [0, 0.1) is 0 Å². The maximum absolute atomic E-state index is 9.27. The van der Waals surface area contributed by atoms with Crippen molar-refractivity contribution in [3.05, 3.63) is 64.1 Å². The molecule has 0 atom stereocenters. The minimum atomic E-state index is -1.83. The third-order valence-electron chi connectivity index (χ3n) is 2.50. The predicted molar refractivity (Wildman–Crippen MR) is 84.6 cm³/mol. The van der Waals surface area contributed by atoms with Crippen molar-refractivity contribution in [2.24, 2.45) is 0 Å². The molecule has 0 amide bonds. The van der Waals surface area contributed by atoms with E-state index in [9.17, 15) is 10.2 Å². The monoisotopic (exact) mass is 342 g/mol. The van der Waals surface area contributed by atoms with Gasteiger partial charge in [0.2, 0.25) is 0 Å². The number of halogens is 2. The number of hydrogen-bond acceptors (Lipinski definition) is 3. The quantitative estimate of drug-likeness (QED) is 0.643. The maximum atomic E-state index is 9.27. The van der Waals surface area contributed by atoms with Gasteiger partial charge < -0.3 is 20.4 Å².